The standard InChI is InChI=1S/C12H16FNO2/c1-12(2,3)16-11-9(15-8-4-5-8)6-7-10(13)14-11/h6-8H,4-5H2,1-3H3. The van der Waals surface area contributed by atoms with Crippen molar-refractivity contribution >= 4 is 0 Å². The first kappa shape index (κ1) is 11.2. The lowest BCUT2D eigenvalue weighted by atomic mass is 10.2. The van der Waals surface area contributed by atoms with Crippen LogP contribution in [0.25, 0.3) is 0 Å². The summed E-state index contributed by atoms with van der Waals surface area (Å²) in [4.78, 5) is 3.73. The third-order valence-electron chi connectivity index (χ3n) is 2.01. The predicted octanol–water partition coefficient (Wildman–Crippen LogP) is 2.94. The van der Waals surface area contributed by atoms with Gasteiger partial charge in [0.15, 0.2) is 5.75 Å². The van der Waals surface area contributed by atoms with Gasteiger partial charge in [0.25, 0.3) is 5.88 Å². The number of pyridine rings is 1. The maximum Gasteiger partial charge on any atom is 0.260 e. The number of hydrogen-bond donors (Lipinski definition) is 0. The van der Waals surface area contributed by atoms with Gasteiger partial charge in [-0.15, -0.1) is 0 Å². The Kier molecular flexibility index (Phi) is 2.74. The normalized spacial score (nSPS) is 16.0. The zero-order valence-electron chi connectivity index (χ0n) is 9.79. The summed E-state index contributed by atoms with van der Waals surface area (Å²) < 4.78 is 24.2. The molecule has 0 aliphatic heterocycles. The third kappa shape index (κ3) is 3.08. The van der Waals surface area contributed by atoms with E-state index in [1.165, 1.54) is 6.07 Å². The molecule has 0 amide bonds. The molecule has 0 bridgehead atoms. The highest BCUT2D eigenvalue weighted by atomic mass is 19.1. The predicted molar refractivity (Wildman–Crippen MR) is 58.2 cm³/mol. The fourth-order valence-corrected chi connectivity index (χ4v) is 1.22. The zero-order chi connectivity index (χ0) is 11.8. The van der Waals surface area contributed by atoms with E-state index in [0.29, 0.717) is 5.75 Å². The largest absolute Gasteiger partial charge is 0.485 e. The van der Waals surface area contributed by atoms with Crippen LogP contribution < -0.4 is 9.47 Å². The molecule has 0 spiro atoms. The topological polar surface area (TPSA) is 31.4 Å². The van der Waals surface area contributed by atoms with E-state index in [9.17, 15) is 4.39 Å². The molecule has 16 heavy (non-hydrogen) atoms. The first-order valence-electron chi connectivity index (χ1n) is 5.46. The second-order valence-corrected chi connectivity index (χ2v) is 4.97. The van der Waals surface area contributed by atoms with Crippen molar-refractivity contribution in [3.63, 3.8) is 0 Å². The molecule has 1 aromatic heterocycles. The van der Waals surface area contributed by atoms with E-state index < -0.39 is 11.5 Å². The molecule has 1 fully saturated rings. The van der Waals surface area contributed by atoms with Gasteiger partial charge in [0, 0.05) is 0 Å². The van der Waals surface area contributed by atoms with Gasteiger partial charge < -0.3 is 9.47 Å². The smallest absolute Gasteiger partial charge is 0.260 e. The SMILES string of the molecule is CC(C)(C)Oc1nc(F)ccc1OC1CC1. The van der Waals surface area contributed by atoms with Crippen molar-refractivity contribution in [3.05, 3.63) is 18.1 Å². The minimum atomic E-state index is -0.553. The maximum absolute atomic E-state index is 13.0. The lowest BCUT2D eigenvalue weighted by Gasteiger charge is -2.21. The second-order valence-electron chi connectivity index (χ2n) is 4.97. The van der Waals surface area contributed by atoms with Gasteiger partial charge in [-0.3, -0.25) is 0 Å². The molecular formula is C12H16FNO2. The van der Waals surface area contributed by atoms with Crippen LogP contribution in [-0.2, 0) is 0 Å². The molecule has 2 rings (SSSR count). The Hall–Kier alpha value is -1.32. The Bertz CT molecular complexity index is 383. The summed E-state index contributed by atoms with van der Waals surface area (Å²) in [6.45, 7) is 5.67. The van der Waals surface area contributed by atoms with Crippen molar-refractivity contribution in [2.45, 2.75) is 45.3 Å². The Morgan fingerprint density at radius 2 is 2.00 bits per heavy atom. The molecule has 0 saturated heterocycles. The number of hydrogen-bond acceptors (Lipinski definition) is 3. The van der Waals surface area contributed by atoms with Crippen molar-refractivity contribution in [2.24, 2.45) is 0 Å². The van der Waals surface area contributed by atoms with E-state index in [2.05, 4.69) is 4.98 Å². The molecule has 1 aromatic rings. The summed E-state index contributed by atoms with van der Waals surface area (Å²) in [6.07, 6.45) is 2.34. The summed E-state index contributed by atoms with van der Waals surface area (Å²) in [7, 11) is 0. The Morgan fingerprint density at radius 1 is 1.31 bits per heavy atom. The van der Waals surface area contributed by atoms with Gasteiger partial charge in [0.2, 0.25) is 5.95 Å². The molecule has 0 aromatic carbocycles. The van der Waals surface area contributed by atoms with Crippen LogP contribution in [0.15, 0.2) is 12.1 Å². The van der Waals surface area contributed by atoms with Crippen LogP contribution in [0.2, 0.25) is 0 Å². The van der Waals surface area contributed by atoms with Crippen LogP contribution in [0.4, 0.5) is 4.39 Å². The van der Waals surface area contributed by atoms with Crippen molar-refractivity contribution < 1.29 is 13.9 Å². The van der Waals surface area contributed by atoms with Crippen molar-refractivity contribution in [1.82, 2.24) is 4.98 Å². The molecule has 3 nitrogen and oxygen atoms in total. The quantitative estimate of drug-likeness (QED) is 0.741. The Balaban J connectivity index is 2.20. The lowest BCUT2D eigenvalue weighted by Crippen LogP contribution is -2.24. The molecule has 4 heteroatoms. The van der Waals surface area contributed by atoms with Gasteiger partial charge in [-0.2, -0.15) is 9.37 Å². The van der Waals surface area contributed by atoms with E-state index in [-0.39, 0.29) is 12.0 Å². The van der Waals surface area contributed by atoms with Crippen molar-refractivity contribution in [2.75, 3.05) is 0 Å². The van der Waals surface area contributed by atoms with Crippen LogP contribution in [0.1, 0.15) is 33.6 Å². The molecular weight excluding hydrogens is 209 g/mol. The van der Waals surface area contributed by atoms with E-state index >= 15 is 0 Å². The molecule has 0 unspecified atom stereocenters. The third-order valence-corrected chi connectivity index (χ3v) is 2.01. The van der Waals surface area contributed by atoms with Crippen LogP contribution in [0.5, 0.6) is 11.6 Å². The Morgan fingerprint density at radius 3 is 2.56 bits per heavy atom. The Labute approximate surface area is 94.6 Å². The van der Waals surface area contributed by atoms with E-state index in [0.717, 1.165) is 12.8 Å². The van der Waals surface area contributed by atoms with Crippen molar-refractivity contribution in [1.29, 1.82) is 0 Å². The highest BCUT2D eigenvalue weighted by Gasteiger charge is 2.26. The van der Waals surface area contributed by atoms with Crippen LogP contribution >= 0.6 is 0 Å². The summed E-state index contributed by atoms with van der Waals surface area (Å²) in [5.74, 6) is 0.209. The molecule has 1 aliphatic rings. The van der Waals surface area contributed by atoms with Crippen molar-refractivity contribution in [3.8, 4) is 11.6 Å². The summed E-state index contributed by atoms with van der Waals surface area (Å²) in [5.41, 5.74) is -0.414. The van der Waals surface area contributed by atoms with Crippen LogP contribution in [0, 0.1) is 5.95 Å². The molecule has 0 atom stereocenters. The van der Waals surface area contributed by atoms with Gasteiger partial charge in [-0.1, -0.05) is 0 Å². The number of aromatic nitrogens is 1. The minimum Gasteiger partial charge on any atom is -0.485 e. The summed E-state index contributed by atoms with van der Waals surface area (Å²) >= 11 is 0. The molecule has 88 valence electrons. The first-order valence-corrected chi connectivity index (χ1v) is 5.46. The van der Waals surface area contributed by atoms with Gasteiger partial charge in [0.1, 0.15) is 5.60 Å². The fourth-order valence-electron chi connectivity index (χ4n) is 1.22. The highest BCUT2D eigenvalue weighted by molar-refractivity contribution is 5.34. The average Bonchev–Trinajstić information content (AvgIpc) is 2.91. The monoisotopic (exact) mass is 225 g/mol. The molecule has 0 radical (unpaired) electrons. The lowest BCUT2D eigenvalue weighted by molar-refractivity contribution is 0.114. The molecule has 1 aliphatic carbocycles. The summed E-state index contributed by atoms with van der Waals surface area (Å²) in [6, 6.07) is 2.86. The zero-order valence-corrected chi connectivity index (χ0v) is 9.79. The summed E-state index contributed by atoms with van der Waals surface area (Å²) in [5, 5.41) is 0. The fraction of sp³-hybridized carbons (Fsp3) is 0.583. The molecule has 1 saturated carbocycles. The number of nitrogens with zero attached hydrogens (tertiary/aromatic N) is 1. The number of ether oxygens (including phenoxy) is 2. The van der Waals surface area contributed by atoms with Gasteiger partial charge in [-0.05, 0) is 45.7 Å². The van der Waals surface area contributed by atoms with Gasteiger partial charge in [-0.25, -0.2) is 0 Å². The highest BCUT2D eigenvalue weighted by Crippen LogP contribution is 2.33. The van der Waals surface area contributed by atoms with Gasteiger partial charge >= 0.3 is 0 Å². The second kappa shape index (κ2) is 3.92. The first-order chi connectivity index (χ1) is 7.44. The number of rotatable bonds is 3. The van der Waals surface area contributed by atoms with Gasteiger partial charge in [0.05, 0.1) is 6.10 Å². The van der Waals surface area contributed by atoms with E-state index in [1.807, 2.05) is 20.8 Å². The minimum absolute atomic E-state index is 0.236. The number of halogens is 1. The maximum atomic E-state index is 13.0. The molecule has 1 heterocycles. The molecule has 0 N–H and O–H groups in total. The van der Waals surface area contributed by atoms with E-state index in [1.54, 1.807) is 6.07 Å². The van der Waals surface area contributed by atoms with Crippen LogP contribution in [-0.4, -0.2) is 16.7 Å². The van der Waals surface area contributed by atoms with Crippen LogP contribution in [0.3, 0.4) is 0 Å². The van der Waals surface area contributed by atoms with E-state index in [4.69, 9.17) is 9.47 Å². The average molecular weight is 225 g/mol.